The molecule has 0 fully saturated rings. The predicted octanol–water partition coefficient (Wildman–Crippen LogP) is 0.933. The van der Waals surface area contributed by atoms with Crippen LogP contribution in [0.1, 0.15) is 0 Å². The first-order chi connectivity index (χ1) is 7.35. The smallest absolute Gasteiger partial charge is 0.0723 e. The quantitative estimate of drug-likeness (QED) is 0.601. The minimum absolute atomic E-state index is 0.0873. The highest BCUT2D eigenvalue weighted by Crippen LogP contribution is 2.22. The third kappa shape index (κ3) is 1.95. The summed E-state index contributed by atoms with van der Waals surface area (Å²) in [6, 6.07) is 7.56. The molecule has 80 valence electrons. The highest BCUT2D eigenvalue weighted by molar-refractivity contribution is 5.92. The van der Waals surface area contributed by atoms with Crippen LogP contribution in [0.3, 0.4) is 0 Å². The van der Waals surface area contributed by atoms with Crippen LogP contribution in [0.15, 0.2) is 30.5 Å². The number of nitrogens with one attached hydrogen (secondary N) is 2. The van der Waals surface area contributed by atoms with Gasteiger partial charge >= 0.3 is 0 Å². The van der Waals surface area contributed by atoms with Gasteiger partial charge in [-0.25, -0.2) is 0 Å². The Morgan fingerprint density at radius 1 is 1.20 bits per heavy atom. The second-order valence-electron chi connectivity index (χ2n) is 3.45. The van der Waals surface area contributed by atoms with Crippen molar-refractivity contribution >= 4 is 16.6 Å². The molecule has 4 N–H and O–H groups in total. The molecule has 0 radical (unpaired) electrons. The fourth-order valence-corrected chi connectivity index (χ4v) is 1.56. The van der Waals surface area contributed by atoms with E-state index < -0.39 is 0 Å². The molecule has 1 aromatic carbocycles. The molecule has 4 nitrogen and oxygen atoms in total. The molecule has 0 bridgehead atoms. The lowest BCUT2D eigenvalue weighted by Gasteiger charge is -2.13. The lowest BCUT2D eigenvalue weighted by molar-refractivity contribution is 0.204. The van der Waals surface area contributed by atoms with E-state index in [9.17, 15) is 0 Å². The molecule has 0 aliphatic rings. The molecule has 0 amide bonds. The van der Waals surface area contributed by atoms with Crippen LogP contribution in [0.2, 0.25) is 0 Å². The lowest BCUT2D eigenvalue weighted by atomic mass is 10.2. The van der Waals surface area contributed by atoms with Crippen molar-refractivity contribution in [1.29, 1.82) is 0 Å². The molecule has 0 unspecified atom stereocenters. The summed E-state index contributed by atoms with van der Waals surface area (Å²) in [5.74, 6) is 0. The first-order valence-electron chi connectivity index (χ1n) is 4.89. The minimum Gasteiger partial charge on any atom is -0.394 e. The van der Waals surface area contributed by atoms with Gasteiger partial charge in [0, 0.05) is 17.1 Å². The zero-order valence-corrected chi connectivity index (χ0v) is 8.27. The van der Waals surface area contributed by atoms with E-state index in [2.05, 4.69) is 10.3 Å². The highest BCUT2D eigenvalue weighted by atomic mass is 16.3. The van der Waals surface area contributed by atoms with Crippen LogP contribution in [-0.2, 0) is 0 Å². The standard InChI is InChI=1S/C11H14N2O2/c14-6-8(7-15)13-11-5-12-10-4-2-1-3-9(10)11/h1-5,8,12-15H,6-7H2. The molecule has 2 aromatic rings. The average Bonchev–Trinajstić information content (AvgIpc) is 2.69. The lowest BCUT2D eigenvalue weighted by Crippen LogP contribution is -2.27. The van der Waals surface area contributed by atoms with Crippen LogP contribution < -0.4 is 5.32 Å². The Balaban J connectivity index is 2.28. The molecule has 0 spiro atoms. The largest absolute Gasteiger partial charge is 0.394 e. The topological polar surface area (TPSA) is 68.3 Å². The summed E-state index contributed by atoms with van der Waals surface area (Å²) >= 11 is 0. The SMILES string of the molecule is OCC(CO)Nc1c[nH]c2ccccc12. The third-order valence-electron chi connectivity index (χ3n) is 2.39. The second kappa shape index (κ2) is 4.33. The number of hydrogen-bond acceptors (Lipinski definition) is 3. The number of rotatable bonds is 4. The number of fused-ring (bicyclic) bond motifs is 1. The van der Waals surface area contributed by atoms with Gasteiger partial charge in [-0.1, -0.05) is 18.2 Å². The van der Waals surface area contributed by atoms with Gasteiger partial charge in [0.05, 0.1) is 24.9 Å². The number of hydrogen-bond donors (Lipinski definition) is 4. The normalized spacial score (nSPS) is 11.1. The van der Waals surface area contributed by atoms with E-state index in [0.29, 0.717) is 0 Å². The van der Waals surface area contributed by atoms with Crippen molar-refractivity contribution in [3.63, 3.8) is 0 Å². The predicted molar refractivity (Wildman–Crippen MR) is 59.9 cm³/mol. The van der Waals surface area contributed by atoms with Crippen molar-refractivity contribution in [2.75, 3.05) is 18.5 Å². The summed E-state index contributed by atoms with van der Waals surface area (Å²) in [7, 11) is 0. The fraction of sp³-hybridized carbons (Fsp3) is 0.273. The summed E-state index contributed by atoms with van der Waals surface area (Å²) < 4.78 is 0. The van der Waals surface area contributed by atoms with Gasteiger partial charge in [0.15, 0.2) is 0 Å². The Morgan fingerprint density at radius 2 is 1.93 bits per heavy atom. The summed E-state index contributed by atoms with van der Waals surface area (Å²) in [6.45, 7) is -0.175. The minimum atomic E-state index is -0.316. The third-order valence-corrected chi connectivity index (χ3v) is 2.39. The van der Waals surface area contributed by atoms with E-state index >= 15 is 0 Å². The molecule has 0 aliphatic carbocycles. The number of aliphatic hydroxyl groups excluding tert-OH is 2. The van der Waals surface area contributed by atoms with Gasteiger partial charge in [-0.15, -0.1) is 0 Å². The zero-order valence-electron chi connectivity index (χ0n) is 8.27. The van der Waals surface area contributed by atoms with E-state index in [1.54, 1.807) is 0 Å². The number of benzene rings is 1. The monoisotopic (exact) mass is 206 g/mol. The van der Waals surface area contributed by atoms with Gasteiger partial charge in [0.2, 0.25) is 0 Å². The van der Waals surface area contributed by atoms with Gasteiger partial charge < -0.3 is 20.5 Å². The Kier molecular flexibility index (Phi) is 2.89. The molecule has 2 rings (SSSR count). The van der Waals surface area contributed by atoms with Crippen LogP contribution in [0, 0.1) is 0 Å². The Labute approximate surface area is 87.6 Å². The van der Waals surface area contributed by atoms with Crippen LogP contribution in [0.25, 0.3) is 10.9 Å². The van der Waals surface area contributed by atoms with Crippen molar-refractivity contribution in [3.8, 4) is 0 Å². The van der Waals surface area contributed by atoms with Gasteiger partial charge in [-0.2, -0.15) is 0 Å². The Morgan fingerprint density at radius 3 is 2.67 bits per heavy atom. The van der Waals surface area contributed by atoms with E-state index in [-0.39, 0.29) is 19.3 Å². The van der Waals surface area contributed by atoms with E-state index in [1.165, 1.54) is 0 Å². The summed E-state index contributed by atoms with van der Waals surface area (Å²) in [5.41, 5.74) is 1.94. The van der Waals surface area contributed by atoms with Gasteiger partial charge in [-0.3, -0.25) is 0 Å². The molecular formula is C11H14N2O2. The number of aliphatic hydroxyl groups is 2. The number of aromatic amines is 1. The van der Waals surface area contributed by atoms with Crippen LogP contribution >= 0.6 is 0 Å². The maximum absolute atomic E-state index is 8.96. The second-order valence-corrected chi connectivity index (χ2v) is 3.45. The van der Waals surface area contributed by atoms with E-state index in [4.69, 9.17) is 10.2 Å². The van der Waals surface area contributed by atoms with Crippen LogP contribution in [-0.4, -0.2) is 34.5 Å². The summed E-state index contributed by atoms with van der Waals surface area (Å²) in [5, 5.41) is 22.1. The van der Waals surface area contributed by atoms with Crippen molar-refractivity contribution in [2.45, 2.75) is 6.04 Å². The van der Waals surface area contributed by atoms with E-state index in [1.807, 2.05) is 30.5 Å². The number of anilines is 1. The molecule has 1 aromatic heterocycles. The Bertz CT molecular complexity index is 435. The molecule has 0 saturated carbocycles. The summed E-state index contributed by atoms with van der Waals surface area (Å²) in [6.07, 6.45) is 1.84. The first kappa shape index (κ1) is 10.0. The number of para-hydroxylation sites is 1. The molecule has 0 saturated heterocycles. The van der Waals surface area contributed by atoms with Gasteiger partial charge in [0.25, 0.3) is 0 Å². The van der Waals surface area contributed by atoms with Crippen molar-refractivity contribution in [2.24, 2.45) is 0 Å². The molecule has 0 aliphatic heterocycles. The average molecular weight is 206 g/mol. The van der Waals surface area contributed by atoms with Gasteiger partial charge in [-0.05, 0) is 6.07 Å². The summed E-state index contributed by atoms with van der Waals surface area (Å²) in [4.78, 5) is 3.12. The molecule has 1 heterocycles. The molecule has 0 atom stereocenters. The van der Waals surface area contributed by atoms with Crippen molar-refractivity contribution in [1.82, 2.24) is 4.98 Å². The van der Waals surface area contributed by atoms with E-state index in [0.717, 1.165) is 16.6 Å². The van der Waals surface area contributed by atoms with Crippen LogP contribution in [0.4, 0.5) is 5.69 Å². The first-order valence-corrected chi connectivity index (χ1v) is 4.89. The number of aromatic nitrogens is 1. The molecule has 4 heteroatoms. The Hall–Kier alpha value is -1.52. The maximum atomic E-state index is 8.96. The zero-order chi connectivity index (χ0) is 10.7. The van der Waals surface area contributed by atoms with Crippen LogP contribution in [0.5, 0.6) is 0 Å². The van der Waals surface area contributed by atoms with Crippen molar-refractivity contribution in [3.05, 3.63) is 30.5 Å². The maximum Gasteiger partial charge on any atom is 0.0723 e. The molecular weight excluding hydrogens is 192 g/mol. The molecule has 15 heavy (non-hydrogen) atoms. The van der Waals surface area contributed by atoms with Crippen molar-refractivity contribution < 1.29 is 10.2 Å². The van der Waals surface area contributed by atoms with Gasteiger partial charge in [0.1, 0.15) is 0 Å². The number of H-pyrrole nitrogens is 1. The fourth-order valence-electron chi connectivity index (χ4n) is 1.56. The highest BCUT2D eigenvalue weighted by Gasteiger charge is 2.08.